The molecule has 0 saturated heterocycles. The van der Waals surface area contributed by atoms with Crippen LogP contribution in [0.25, 0.3) is 0 Å². The Morgan fingerprint density at radius 1 is 0.621 bits per heavy atom. The van der Waals surface area contributed by atoms with Crippen LogP contribution in [0.3, 0.4) is 0 Å². The molecule has 0 fully saturated rings. The molecule has 0 amide bonds. The Morgan fingerprint density at radius 2 is 1.28 bits per heavy atom. The van der Waals surface area contributed by atoms with E-state index in [2.05, 4.69) is 0 Å². The zero-order valence-corrected chi connectivity index (χ0v) is 17.1. The minimum absolute atomic E-state index is 0.571. The maximum absolute atomic E-state index is 10.4. The van der Waals surface area contributed by atoms with Gasteiger partial charge in [-0.1, -0.05) is 42.5 Å². The van der Waals surface area contributed by atoms with Gasteiger partial charge in [0.15, 0.2) is 11.5 Å². The number of ether oxygens (including phenoxy) is 3. The van der Waals surface area contributed by atoms with Gasteiger partial charge in [-0.05, 0) is 42.8 Å². The van der Waals surface area contributed by atoms with Crippen molar-refractivity contribution in [1.82, 2.24) is 0 Å². The topological polar surface area (TPSA) is 61.8 Å². The molecule has 0 aliphatic heterocycles. The number of rotatable bonds is 5. The highest BCUT2D eigenvalue weighted by Crippen LogP contribution is 2.26. The first-order valence-corrected chi connectivity index (χ1v) is 8.86. The van der Waals surface area contributed by atoms with Crippen molar-refractivity contribution in [3.63, 3.8) is 0 Å². The van der Waals surface area contributed by atoms with Gasteiger partial charge in [0, 0.05) is 11.1 Å². The van der Waals surface area contributed by atoms with Crippen LogP contribution in [0, 0.1) is 6.92 Å². The lowest BCUT2D eigenvalue weighted by Crippen LogP contribution is -1.91. The van der Waals surface area contributed by atoms with Crippen LogP contribution in [-0.2, 0) is 0 Å². The molecule has 3 aromatic rings. The average Bonchev–Trinajstić information content (AvgIpc) is 2.79. The fraction of sp³-hybridized carbons (Fsp3) is 0.167. The molecule has 0 aromatic heterocycles. The van der Waals surface area contributed by atoms with Crippen molar-refractivity contribution >= 4 is 12.6 Å². The zero-order valence-electron chi connectivity index (χ0n) is 17.1. The maximum Gasteiger partial charge on any atom is 0.161 e. The van der Waals surface area contributed by atoms with E-state index in [0.29, 0.717) is 17.1 Å². The summed E-state index contributed by atoms with van der Waals surface area (Å²) >= 11 is 0. The summed E-state index contributed by atoms with van der Waals surface area (Å²) in [4.78, 5) is 20.4. The van der Waals surface area contributed by atoms with Crippen molar-refractivity contribution in [2.75, 3.05) is 21.3 Å². The summed E-state index contributed by atoms with van der Waals surface area (Å²) in [6, 6.07) is 22.1. The number of methoxy groups -OCH3 is 3. The van der Waals surface area contributed by atoms with Gasteiger partial charge in [-0.15, -0.1) is 0 Å². The van der Waals surface area contributed by atoms with E-state index in [1.807, 2.05) is 49.4 Å². The molecule has 0 atom stereocenters. The third kappa shape index (κ3) is 8.75. The number of aryl methyl sites for hydroxylation is 1. The smallest absolute Gasteiger partial charge is 0.161 e. The van der Waals surface area contributed by atoms with Gasteiger partial charge < -0.3 is 14.2 Å². The Labute approximate surface area is 171 Å². The molecule has 0 aliphatic rings. The number of hydrogen-bond donors (Lipinski definition) is 0. The van der Waals surface area contributed by atoms with Crippen LogP contribution in [0.5, 0.6) is 17.2 Å². The first kappa shape index (κ1) is 23.4. The Hall–Kier alpha value is -3.60. The van der Waals surface area contributed by atoms with E-state index in [4.69, 9.17) is 14.2 Å². The molecule has 3 rings (SSSR count). The van der Waals surface area contributed by atoms with Gasteiger partial charge in [-0.3, -0.25) is 9.59 Å². The van der Waals surface area contributed by atoms with Crippen molar-refractivity contribution in [3.05, 3.63) is 89.5 Å². The second-order valence-electron chi connectivity index (χ2n) is 5.78. The minimum atomic E-state index is 0.571. The fourth-order valence-corrected chi connectivity index (χ4v) is 2.20. The highest BCUT2D eigenvalue weighted by atomic mass is 16.5. The predicted molar refractivity (Wildman–Crippen MR) is 114 cm³/mol. The monoisotopic (exact) mass is 394 g/mol. The number of benzene rings is 3. The SMILES string of the molecule is COc1ccc(C=O)cc1OC.COc1cccc(C)c1.O=Cc1ccccc1. The predicted octanol–water partition coefficient (Wildman–Crippen LogP) is 5.02. The van der Waals surface area contributed by atoms with Gasteiger partial charge in [0.1, 0.15) is 18.3 Å². The van der Waals surface area contributed by atoms with E-state index in [1.54, 1.807) is 44.6 Å². The highest BCUT2D eigenvalue weighted by Gasteiger charge is 2.02. The Morgan fingerprint density at radius 3 is 1.72 bits per heavy atom. The van der Waals surface area contributed by atoms with E-state index < -0.39 is 0 Å². The van der Waals surface area contributed by atoms with Gasteiger partial charge in [0.05, 0.1) is 21.3 Å². The summed E-state index contributed by atoms with van der Waals surface area (Å²) in [6.07, 6.45) is 1.60. The third-order valence-electron chi connectivity index (χ3n) is 3.70. The lowest BCUT2D eigenvalue weighted by atomic mass is 10.2. The summed E-state index contributed by atoms with van der Waals surface area (Å²) in [7, 11) is 4.76. The van der Waals surface area contributed by atoms with Crippen LogP contribution in [0.4, 0.5) is 0 Å². The van der Waals surface area contributed by atoms with Crippen LogP contribution in [0.2, 0.25) is 0 Å². The van der Waals surface area contributed by atoms with Gasteiger partial charge in [-0.25, -0.2) is 0 Å². The molecular weight excluding hydrogens is 368 g/mol. The fourth-order valence-electron chi connectivity index (χ4n) is 2.20. The normalized spacial score (nSPS) is 8.97. The van der Waals surface area contributed by atoms with Crippen molar-refractivity contribution in [2.45, 2.75) is 6.92 Å². The van der Waals surface area contributed by atoms with Crippen LogP contribution in [0.15, 0.2) is 72.8 Å². The van der Waals surface area contributed by atoms with E-state index in [1.165, 1.54) is 12.7 Å². The lowest BCUT2D eigenvalue weighted by Gasteiger charge is -2.06. The third-order valence-corrected chi connectivity index (χ3v) is 3.70. The summed E-state index contributed by atoms with van der Waals surface area (Å²) in [5.74, 6) is 2.13. The van der Waals surface area contributed by atoms with E-state index >= 15 is 0 Å². The number of carbonyl (C=O) groups excluding carboxylic acids is 2. The van der Waals surface area contributed by atoms with Crippen molar-refractivity contribution in [2.24, 2.45) is 0 Å². The molecule has 0 heterocycles. The lowest BCUT2D eigenvalue weighted by molar-refractivity contribution is 0.111. The van der Waals surface area contributed by atoms with Crippen LogP contribution in [-0.4, -0.2) is 33.9 Å². The summed E-state index contributed by atoms with van der Waals surface area (Å²) in [6.45, 7) is 2.04. The molecule has 0 bridgehead atoms. The molecule has 0 spiro atoms. The molecule has 152 valence electrons. The van der Waals surface area contributed by atoms with E-state index in [0.717, 1.165) is 23.9 Å². The summed E-state index contributed by atoms with van der Waals surface area (Å²) in [5, 5.41) is 0. The van der Waals surface area contributed by atoms with Crippen molar-refractivity contribution < 1.29 is 23.8 Å². The highest BCUT2D eigenvalue weighted by molar-refractivity contribution is 5.76. The molecule has 5 nitrogen and oxygen atoms in total. The molecule has 29 heavy (non-hydrogen) atoms. The van der Waals surface area contributed by atoms with E-state index in [9.17, 15) is 9.59 Å². The standard InChI is InChI=1S/C9H10O3.C8H10O.C7H6O/c1-11-8-4-3-7(6-10)5-9(8)12-2;1-7-4-3-5-8(6-7)9-2;8-6-7-4-2-1-3-5-7/h3-6H,1-2H3;3-6H,1-2H3;1-6H. The molecule has 5 heteroatoms. The first-order valence-electron chi connectivity index (χ1n) is 8.86. The molecule has 0 unspecified atom stereocenters. The average molecular weight is 394 g/mol. The quantitative estimate of drug-likeness (QED) is 0.569. The Balaban J connectivity index is 0.000000223. The summed E-state index contributed by atoms with van der Waals surface area (Å²) < 4.78 is 15.0. The van der Waals surface area contributed by atoms with Gasteiger partial charge in [0.2, 0.25) is 0 Å². The van der Waals surface area contributed by atoms with Crippen molar-refractivity contribution in [3.8, 4) is 17.2 Å². The van der Waals surface area contributed by atoms with Crippen LogP contribution in [0.1, 0.15) is 26.3 Å². The van der Waals surface area contributed by atoms with Crippen LogP contribution < -0.4 is 14.2 Å². The molecule has 0 aliphatic carbocycles. The van der Waals surface area contributed by atoms with Crippen molar-refractivity contribution in [1.29, 1.82) is 0 Å². The summed E-state index contributed by atoms with van der Waals surface area (Å²) in [5.41, 5.74) is 2.54. The largest absolute Gasteiger partial charge is 0.497 e. The van der Waals surface area contributed by atoms with E-state index in [-0.39, 0.29) is 0 Å². The zero-order chi connectivity index (χ0) is 21.5. The first-order chi connectivity index (χ1) is 14.1. The second-order valence-corrected chi connectivity index (χ2v) is 5.78. The van der Waals surface area contributed by atoms with Gasteiger partial charge in [0.25, 0.3) is 0 Å². The van der Waals surface area contributed by atoms with Gasteiger partial charge >= 0.3 is 0 Å². The number of hydrogen-bond acceptors (Lipinski definition) is 5. The second kappa shape index (κ2) is 13.6. The molecule has 0 N–H and O–H groups in total. The van der Waals surface area contributed by atoms with Gasteiger partial charge in [-0.2, -0.15) is 0 Å². The Bertz CT molecular complexity index is 875. The molecular formula is C24H26O5. The Kier molecular flexibility index (Phi) is 11.0. The molecule has 0 saturated carbocycles. The maximum atomic E-state index is 10.4. The molecule has 3 aromatic carbocycles. The van der Waals surface area contributed by atoms with Crippen LogP contribution >= 0.6 is 0 Å². The number of aldehydes is 2. The minimum Gasteiger partial charge on any atom is -0.497 e. The number of carbonyl (C=O) groups is 2. The molecule has 0 radical (unpaired) electrons.